The summed E-state index contributed by atoms with van der Waals surface area (Å²) >= 11 is 0. The van der Waals surface area contributed by atoms with Gasteiger partial charge in [0.15, 0.2) is 0 Å². The predicted molar refractivity (Wildman–Crippen MR) is 75.1 cm³/mol. The molecule has 0 aromatic heterocycles. The lowest BCUT2D eigenvalue weighted by atomic mass is 9.98. The summed E-state index contributed by atoms with van der Waals surface area (Å²) in [6.07, 6.45) is 2.06. The first-order valence-corrected chi connectivity index (χ1v) is 6.85. The van der Waals surface area contributed by atoms with Crippen molar-refractivity contribution in [3.63, 3.8) is 0 Å². The minimum atomic E-state index is 0.0281. The van der Waals surface area contributed by atoms with Crippen LogP contribution in [0, 0.1) is 5.92 Å². The van der Waals surface area contributed by atoms with Gasteiger partial charge in [0, 0.05) is 6.54 Å². The van der Waals surface area contributed by atoms with Gasteiger partial charge in [0.25, 0.3) is 0 Å². The molecule has 1 heterocycles. The molecule has 1 aliphatic heterocycles. The van der Waals surface area contributed by atoms with Crippen molar-refractivity contribution in [1.29, 1.82) is 0 Å². The van der Waals surface area contributed by atoms with Gasteiger partial charge in [-0.15, -0.1) is 0 Å². The summed E-state index contributed by atoms with van der Waals surface area (Å²) in [4.78, 5) is 12.1. The zero-order chi connectivity index (χ0) is 13.7. The van der Waals surface area contributed by atoms with Gasteiger partial charge in [-0.05, 0) is 44.0 Å². The third-order valence-corrected chi connectivity index (χ3v) is 3.64. The molecular weight excluding hydrogens is 240 g/mol. The molecule has 1 aliphatic rings. The fraction of sp³-hybridized carbons (Fsp3) is 0.533. The van der Waals surface area contributed by atoms with Gasteiger partial charge < -0.3 is 15.4 Å². The van der Waals surface area contributed by atoms with Crippen LogP contribution < -0.4 is 15.4 Å². The Labute approximate surface area is 114 Å². The molecule has 0 radical (unpaired) electrons. The van der Waals surface area contributed by atoms with Crippen molar-refractivity contribution in [2.45, 2.75) is 25.8 Å². The van der Waals surface area contributed by atoms with Crippen LogP contribution in [0.5, 0.6) is 5.75 Å². The molecular formula is C15H22N2O2. The Balaban J connectivity index is 1.91. The van der Waals surface area contributed by atoms with Gasteiger partial charge in [-0.25, -0.2) is 0 Å². The van der Waals surface area contributed by atoms with E-state index < -0.39 is 0 Å². The van der Waals surface area contributed by atoms with Crippen LogP contribution in [-0.2, 0) is 4.79 Å². The molecule has 0 spiro atoms. The molecule has 2 atom stereocenters. The molecule has 1 saturated heterocycles. The molecule has 1 amide bonds. The summed E-state index contributed by atoms with van der Waals surface area (Å²) in [5, 5.41) is 6.35. The number of hydrogen-bond donors (Lipinski definition) is 2. The highest BCUT2D eigenvalue weighted by molar-refractivity contribution is 5.79. The van der Waals surface area contributed by atoms with Crippen molar-refractivity contribution >= 4 is 5.91 Å². The summed E-state index contributed by atoms with van der Waals surface area (Å²) < 4.78 is 5.13. The highest BCUT2D eigenvalue weighted by Gasteiger charge is 2.22. The Bertz CT molecular complexity index is 411. The maximum absolute atomic E-state index is 12.1. The summed E-state index contributed by atoms with van der Waals surface area (Å²) in [7, 11) is 1.65. The van der Waals surface area contributed by atoms with Crippen LogP contribution in [0.4, 0.5) is 0 Å². The summed E-state index contributed by atoms with van der Waals surface area (Å²) in [5.41, 5.74) is 1.10. The lowest BCUT2D eigenvalue weighted by Crippen LogP contribution is -2.41. The standard InChI is InChI=1S/C15H22N2O2/c1-11(12-5-7-14(19-2)8-6-12)17-15(18)13-4-3-9-16-10-13/h5-8,11,13,16H,3-4,9-10H2,1-2H3,(H,17,18)/t11-,13-/m1/s1. The van der Waals surface area contributed by atoms with E-state index in [0.29, 0.717) is 0 Å². The summed E-state index contributed by atoms with van der Waals surface area (Å²) in [6.45, 7) is 3.83. The number of amides is 1. The average molecular weight is 262 g/mol. The highest BCUT2D eigenvalue weighted by Crippen LogP contribution is 2.18. The maximum atomic E-state index is 12.1. The van der Waals surface area contributed by atoms with Crippen molar-refractivity contribution in [1.82, 2.24) is 10.6 Å². The maximum Gasteiger partial charge on any atom is 0.224 e. The number of methoxy groups -OCH3 is 1. The fourth-order valence-electron chi connectivity index (χ4n) is 2.38. The molecule has 0 aliphatic carbocycles. The third-order valence-electron chi connectivity index (χ3n) is 3.64. The van der Waals surface area contributed by atoms with E-state index in [1.807, 2.05) is 31.2 Å². The molecule has 1 aromatic carbocycles. The lowest BCUT2D eigenvalue weighted by molar-refractivity contribution is -0.126. The lowest BCUT2D eigenvalue weighted by Gasteiger charge is -2.24. The van der Waals surface area contributed by atoms with Crippen molar-refractivity contribution in [3.8, 4) is 5.75 Å². The van der Waals surface area contributed by atoms with Gasteiger partial charge in [0.2, 0.25) is 5.91 Å². The van der Waals surface area contributed by atoms with Crippen LogP contribution in [0.25, 0.3) is 0 Å². The van der Waals surface area contributed by atoms with Crippen molar-refractivity contribution in [2.75, 3.05) is 20.2 Å². The van der Waals surface area contributed by atoms with Gasteiger partial charge in [-0.2, -0.15) is 0 Å². The monoisotopic (exact) mass is 262 g/mol. The van der Waals surface area contributed by atoms with Crippen LogP contribution in [0.2, 0.25) is 0 Å². The first-order chi connectivity index (χ1) is 9.20. The number of carbonyl (C=O) groups excluding carboxylic acids is 1. The number of nitrogens with one attached hydrogen (secondary N) is 2. The highest BCUT2D eigenvalue weighted by atomic mass is 16.5. The van der Waals surface area contributed by atoms with Crippen LogP contribution in [-0.4, -0.2) is 26.1 Å². The quantitative estimate of drug-likeness (QED) is 0.871. The van der Waals surface area contributed by atoms with Crippen LogP contribution in [0.3, 0.4) is 0 Å². The smallest absolute Gasteiger partial charge is 0.224 e. The van der Waals surface area contributed by atoms with Gasteiger partial charge in [-0.1, -0.05) is 12.1 Å². The van der Waals surface area contributed by atoms with Crippen molar-refractivity contribution in [3.05, 3.63) is 29.8 Å². The predicted octanol–water partition coefficient (Wildman–Crippen LogP) is 1.87. The second-order valence-corrected chi connectivity index (χ2v) is 5.05. The van der Waals surface area contributed by atoms with E-state index in [9.17, 15) is 4.79 Å². The summed E-state index contributed by atoms with van der Waals surface area (Å²) in [6, 6.07) is 7.84. The van der Waals surface area contributed by atoms with Crippen molar-refractivity contribution < 1.29 is 9.53 Å². The molecule has 1 fully saturated rings. The third kappa shape index (κ3) is 3.70. The van der Waals surface area contributed by atoms with Crippen LogP contribution in [0.15, 0.2) is 24.3 Å². The summed E-state index contributed by atoms with van der Waals surface area (Å²) in [5.74, 6) is 1.09. The zero-order valence-electron chi connectivity index (χ0n) is 11.6. The SMILES string of the molecule is COc1ccc([C@@H](C)NC(=O)[C@@H]2CCCNC2)cc1. The van der Waals surface area contributed by atoms with E-state index in [1.54, 1.807) is 7.11 Å². The number of piperidine rings is 1. The molecule has 4 nitrogen and oxygen atoms in total. The topological polar surface area (TPSA) is 50.4 Å². The van der Waals surface area contributed by atoms with Gasteiger partial charge in [-0.3, -0.25) is 4.79 Å². The fourth-order valence-corrected chi connectivity index (χ4v) is 2.38. The number of hydrogen-bond acceptors (Lipinski definition) is 3. The van der Waals surface area contributed by atoms with E-state index >= 15 is 0 Å². The molecule has 104 valence electrons. The Morgan fingerprint density at radius 1 is 1.42 bits per heavy atom. The van der Waals surface area contributed by atoms with E-state index in [0.717, 1.165) is 37.2 Å². The normalized spacial score (nSPS) is 20.6. The Morgan fingerprint density at radius 2 is 2.16 bits per heavy atom. The average Bonchev–Trinajstić information content (AvgIpc) is 2.48. The first kappa shape index (κ1) is 13.9. The first-order valence-electron chi connectivity index (χ1n) is 6.85. The van der Waals surface area contributed by atoms with E-state index in [-0.39, 0.29) is 17.9 Å². The number of carbonyl (C=O) groups is 1. The van der Waals surface area contributed by atoms with Crippen molar-refractivity contribution in [2.24, 2.45) is 5.92 Å². The Morgan fingerprint density at radius 3 is 2.74 bits per heavy atom. The molecule has 2 rings (SSSR count). The van der Waals surface area contributed by atoms with Gasteiger partial charge in [0.05, 0.1) is 19.1 Å². The number of benzene rings is 1. The molecule has 0 saturated carbocycles. The van der Waals surface area contributed by atoms with Crippen LogP contribution >= 0.6 is 0 Å². The number of ether oxygens (including phenoxy) is 1. The molecule has 1 aromatic rings. The van der Waals surface area contributed by atoms with E-state index in [4.69, 9.17) is 4.74 Å². The number of rotatable bonds is 4. The molecule has 2 N–H and O–H groups in total. The minimum absolute atomic E-state index is 0.0281. The zero-order valence-corrected chi connectivity index (χ0v) is 11.6. The van der Waals surface area contributed by atoms with Gasteiger partial charge >= 0.3 is 0 Å². The minimum Gasteiger partial charge on any atom is -0.497 e. The van der Waals surface area contributed by atoms with E-state index in [1.165, 1.54) is 0 Å². The van der Waals surface area contributed by atoms with Crippen LogP contribution in [0.1, 0.15) is 31.4 Å². The molecule has 4 heteroatoms. The van der Waals surface area contributed by atoms with Gasteiger partial charge in [0.1, 0.15) is 5.75 Å². The molecule has 0 bridgehead atoms. The Hall–Kier alpha value is -1.55. The largest absolute Gasteiger partial charge is 0.497 e. The Kier molecular flexibility index (Phi) is 4.80. The van der Waals surface area contributed by atoms with E-state index in [2.05, 4.69) is 10.6 Å². The molecule has 19 heavy (non-hydrogen) atoms. The molecule has 0 unspecified atom stereocenters. The second-order valence-electron chi connectivity index (χ2n) is 5.05. The second kappa shape index (κ2) is 6.57.